The van der Waals surface area contributed by atoms with E-state index in [9.17, 15) is 19.2 Å². The highest BCUT2D eigenvalue weighted by atomic mass is 16.6. The molecule has 3 aromatic carbocycles. The maximum atomic E-state index is 13.5. The van der Waals surface area contributed by atoms with Gasteiger partial charge in [0.1, 0.15) is 19.3 Å². The largest absolute Gasteiger partial charge is 0.462 e. The Morgan fingerprint density at radius 3 is 2.31 bits per heavy atom. The number of alkyl carbamates (subject to hydrolysis) is 1. The summed E-state index contributed by atoms with van der Waals surface area (Å²) in [6.07, 6.45) is 3.72. The second kappa shape index (κ2) is 20.1. The summed E-state index contributed by atoms with van der Waals surface area (Å²) >= 11 is 0. The van der Waals surface area contributed by atoms with Crippen molar-refractivity contribution in [1.82, 2.24) is 16.0 Å². The number of benzene rings is 3. The van der Waals surface area contributed by atoms with Crippen molar-refractivity contribution >= 4 is 23.9 Å². The highest BCUT2D eigenvalue weighted by Crippen LogP contribution is 2.44. The van der Waals surface area contributed by atoms with E-state index in [4.69, 9.17) is 24.1 Å². The summed E-state index contributed by atoms with van der Waals surface area (Å²) in [7, 11) is 0. The van der Waals surface area contributed by atoms with Crippen molar-refractivity contribution in [2.45, 2.75) is 50.3 Å². The summed E-state index contributed by atoms with van der Waals surface area (Å²) in [5.74, 6) is -2.20. The third-order valence-electron chi connectivity index (χ3n) is 8.94. The van der Waals surface area contributed by atoms with Crippen LogP contribution in [0.3, 0.4) is 0 Å². The zero-order valence-electron chi connectivity index (χ0n) is 29.2. The van der Waals surface area contributed by atoms with E-state index < -0.39 is 30.1 Å². The number of rotatable bonds is 14. The van der Waals surface area contributed by atoms with E-state index >= 15 is 0 Å². The molecule has 3 unspecified atom stereocenters. The molecule has 0 fully saturated rings. The lowest BCUT2D eigenvalue weighted by Crippen LogP contribution is -2.47. The Bertz CT molecular complexity index is 1620. The molecule has 4 N–H and O–H groups in total. The molecule has 1 aliphatic heterocycles. The van der Waals surface area contributed by atoms with Gasteiger partial charge in [-0.3, -0.25) is 9.59 Å². The quantitative estimate of drug-likeness (QED) is 0.110. The van der Waals surface area contributed by atoms with Crippen molar-refractivity contribution in [2.75, 3.05) is 46.2 Å². The number of carbonyl (C=O) groups is 4. The second-order valence-electron chi connectivity index (χ2n) is 12.7. The number of allylic oxidation sites excluding steroid dienone is 2. The first kappa shape index (κ1) is 38.2. The van der Waals surface area contributed by atoms with Gasteiger partial charge in [-0.05, 0) is 47.1 Å². The summed E-state index contributed by atoms with van der Waals surface area (Å²) in [4.78, 5) is 52.7. The maximum Gasteiger partial charge on any atom is 0.407 e. The third kappa shape index (κ3) is 11.2. The summed E-state index contributed by atoms with van der Waals surface area (Å²) in [5.41, 5.74) is 5.31. The van der Waals surface area contributed by atoms with Crippen molar-refractivity contribution in [3.05, 3.63) is 108 Å². The summed E-state index contributed by atoms with van der Waals surface area (Å²) in [6, 6.07) is 23.9. The molecule has 3 aromatic rings. The van der Waals surface area contributed by atoms with Crippen molar-refractivity contribution in [3.8, 4) is 11.1 Å². The Morgan fingerprint density at radius 1 is 0.865 bits per heavy atom. The number of esters is 1. The Balaban J connectivity index is 1.22. The monoisotopic (exact) mass is 713 g/mol. The highest BCUT2D eigenvalue weighted by Gasteiger charge is 2.31. The number of aliphatic hydroxyl groups excluding tert-OH is 1. The van der Waals surface area contributed by atoms with E-state index in [2.05, 4.69) is 28.1 Å². The van der Waals surface area contributed by atoms with Crippen LogP contribution in [0.4, 0.5) is 4.79 Å². The van der Waals surface area contributed by atoms with Gasteiger partial charge in [-0.1, -0.05) is 91.0 Å². The normalized spacial score (nSPS) is 19.1. The predicted molar refractivity (Wildman–Crippen MR) is 193 cm³/mol. The molecule has 3 atom stereocenters. The molecule has 5 rings (SSSR count). The molecule has 0 radical (unpaired) electrons. The SMILES string of the molecule is O=C(CC1CC=CCCC(NC(=O)OCC2c3ccccc3-c3ccccc32)C(=O)OCC(COCc2ccccc2)NC1=O)NCCOCCO. The first-order valence-electron chi connectivity index (χ1n) is 17.7. The molecule has 52 heavy (non-hydrogen) atoms. The van der Waals surface area contributed by atoms with Crippen LogP contribution in [0.2, 0.25) is 0 Å². The van der Waals surface area contributed by atoms with E-state index in [0.717, 1.165) is 27.8 Å². The summed E-state index contributed by atoms with van der Waals surface area (Å²) in [5, 5.41) is 17.2. The lowest BCUT2D eigenvalue weighted by atomic mass is 9.98. The molecule has 0 bridgehead atoms. The second-order valence-corrected chi connectivity index (χ2v) is 12.7. The van der Waals surface area contributed by atoms with Crippen molar-refractivity contribution < 1.29 is 43.2 Å². The van der Waals surface area contributed by atoms with Gasteiger partial charge in [-0.2, -0.15) is 0 Å². The fraction of sp³-hybridized carbons (Fsp3) is 0.400. The summed E-state index contributed by atoms with van der Waals surface area (Å²) < 4.78 is 22.5. The van der Waals surface area contributed by atoms with E-state index in [0.29, 0.717) is 6.42 Å². The van der Waals surface area contributed by atoms with Gasteiger partial charge in [0.25, 0.3) is 0 Å². The number of nitrogens with one attached hydrogen (secondary N) is 3. The van der Waals surface area contributed by atoms with Crippen molar-refractivity contribution in [3.63, 3.8) is 0 Å². The molecular weight excluding hydrogens is 666 g/mol. The number of hydrogen-bond acceptors (Lipinski definition) is 9. The molecule has 3 amide bonds. The Labute approximate surface area is 303 Å². The van der Waals surface area contributed by atoms with Gasteiger partial charge >= 0.3 is 12.1 Å². The van der Waals surface area contributed by atoms with Crippen LogP contribution in [0.25, 0.3) is 11.1 Å². The molecule has 0 spiro atoms. The predicted octanol–water partition coefficient (Wildman–Crippen LogP) is 4.01. The standard InChI is InChI=1S/C40H47N3O9/c44-20-22-49-21-19-41-37(45)23-29-13-5-2-6-18-36(39(47)51-26-30(42-38(29)46)25-50-24-28-11-3-1-4-12-28)43-40(48)52-27-35-33-16-9-7-14-31(33)32-15-8-10-17-34(32)35/h1-5,7-12,14-17,29-30,35-36,44H,6,13,18-27H2,(H,41,45)(H,42,46)(H,43,48). The first-order valence-corrected chi connectivity index (χ1v) is 17.7. The van der Waals surface area contributed by atoms with Crippen molar-refractivity contribution in [2.24, 2.45) is 5.92 Å². The molecule has 0 saturated carbocycles. The molecule has 0 saturated heterocycles. The topological polar surface area (TPSA) is 162 Å². The minimum absolute atomic E-state index is 0.0370. The first-order chi connectivity index (χ1) is 25.4. The molecular formula is C40H47N3O9. The van der Waals surface area contributed by atoms with Crippen LogP contribution in [-0.2, 0) is 39.9 Å². The minimum atomic E-state index is -1.00. The molecule has 1 aliphatic carbocycles. The van der Waals surface area contributed by atoms with Crippen LogP contribution in [0, 0.1) is 5.92 Å². The van der Waals surface area contributed by atoms with Gasteiger partial charge in [-0.25, -0.2) is 9.59 Å². The Kier molecular flexibility index (Phi) is 14.8. The van der Waals surface area contributed by atoms with Crippen molar-refractivity contribution in [1.29, 1.82) is 0 Å². The van der Waals surface area contributed by atoms with Gasteiger partial charge in [-0.15, -0.1) is 0 Å². The Morgan fingerprint density at radius 2 is 1.58 bits per heavy atom. The van der Waals surface area contributed by atoms with Gasteiger partial charge < -0.3 is 40.0 Å². The van der Waals surface area contributed by atoms with Crippen LogP contribution in [0.15, 0.2) is 91.0 Å². The number of aliphatic hydroxyl groups is 1. The van der Waals surface area contributed by atoms with Gasteiger partial charge in [0.15, 0.2) is 0 Å². The zero-order valence-corrected chi connectivity index (χ0v) is 29.2. The molecule has 0 aromatic heterocycles. The molecule has 1 heterocycles. The number of fused-ring (bicyclic) bond motifs is 3. The van der Waals surface area contributed by atoms with Crippen LogP contribution >= 0.6 is 0 Å². The van der Waals surface area contributed by atoms with E-state index in [1.54, 1.807) is 6.08 Å². The average molecular weight is 714 g/mol. The van der Waals surface area contributed by atoms with E-state index in [1.165, 1.54) is 0 Å². The Hall–Kier alpha value is -5.04. The smallest absolute Gasteiger partial charge is 0.407 e. The number of amides is 3. The third-order valence-corrected chi connectivity index (χ3v) is 8.94. The van der Waals surface area contributed by atoms with Gasteiger partial charge in [0.05, 0.1) is 45.0 Å². The number of ether oxygens (including phenoxy) is 4. The highest BCUT2D eigenvalue weighted by molar-refractivity contribution is 5.86. The number of hydrogen-bond donors (Lipinski definition) is 4. The molecule has 12 nitrogen and oxygen atoms in total. The lowest BCUT2D eigenvalue weighted by Gasteiger charge is -2.23. The fourth-order valence-electron chi connectivity index (χ4n) is 6.31. The van der Waals surface area contributed by atoms with E-state index in [1.807, 2.05) is 72.8 Å². The van der Waals surface area contributed by atoms with Crippen LogP contribution in [0.1, 0.15) is 48.3 Å². The molecule has 2 aliphatic rings. The average Bonchev–Trinajstić information content (AvgIpc) is 3.48. The zero-order chi connectivity index (χ0) is 36.5. The fourth-order valence-corrected chi connectivity index (χ4v) is 6.31. The molecule has 276 valence electrons. The lowest BCUT2D eigenvalue weighted by molar-refractivity contribution is -0.148. The summed E-state index contributed by atoms with van der Waals surface area (Å²) in [6.45, 7) is 0.741. The van der Waals surface area contributed by atoms with Crippen LogP contribution < -0.4 is 16.0 Å². The molecule has 12 heteroatoms. The van der Waals surface area contributed by atoms with E-state index in [-0.39, 0.29) is 89.8 Å². The van der Waals surface area contributed by atoms with Crippen LogP contribution in [0.5, 0.6) is 0 Å². The van der Waals surface area contributed by atoms with Crippen LogP contribution in [-0.4, -0.2) is 87.3 Å². The minimum Gasteiger partial charge on any atom is -0.462 e. The van der Waals surface area contributed by atoms with Gasteiger partial charge in [0, 0.05) is 18.9 Å². The number of cyclic esters (lactones) is 1. The van der Waals surface area contributed by atoms with Gasteiger partial charge in [0.2, 0.25) is 11.8 Å². The maximum absolute atomic E-state index is 13.5. The number of carbonyl (C=O) groups excluding carboxylic acids is 4.